The van der Waals surface area contributed by atoms with Gasteiger partial charge in [0, 0.05) is 26.3 Å². The van der Waals surface area contributed by atoms with Gasteiger partial charge in [-0.15, -0.1) is 0 Å². The molecular formula is C20H24N6O3. The van der Waals surface area contributed by atoms with E-state index in [1.54, 1.807) is 24.3 Å². The topological polar surface area (TPSA) is 101 Å². The smallest absolute Gasteiger partial charge is 0.263 e. The van der Waals surface area contributed by atoms with Crippen molar-refractivity contribution >= 4 is 11.7 Å². The first-order valence-corrected chi connectivity index (χ1v) is 9.68. The highest BCUT2D eigenvalue weighted by molar-refractivity contribution is 5.80. The molecule has 0 radical (unpaired) electrons. The molecule has 1 saturated heterocycles. The van der Waals surface area contributed by atoms with E-state index in [1.165, 1.54) is 0 Å². The Labute approximate surface area is 168 Å². The highest BCUT2D eigenvalue weighted by Gasteiger charge is 2.31. The van der Waals surface area contributed by atoms with Crippen molar-refractivity contribution in [2.75, 3.05) is 25.0 Å². The number of aryl methyl sites for hydroxylation is 2. The quantitative estimate of drug-likeness (QED) is 0.649. The fraction of sp³-hybridized carbons (Fsp3) is 0.450. The molecule has 3 aromatic heterocycles. The molecule has 9 heteroatoms. The van der Waals surface area contributed by atoms with Gasteiger partial charge >= 0.3 is 0 Å². The number of furan rings is 1. The normalized spacial score (nSPS) is 16.8. The monoisotopic (exact) mass is 396 g/mol. The number of carbonyl (C=O) groups is 1. The maximum Gasteiger partial charge on any atom is 0.263 e. The minimum absolute atomic E-state index is 0.104. The highest BCUT2D eigenvalue weighted by Crippen LogP contribution is 2.31. The van der Waals surface area contributed by atoms with Gasteiger partial charge in [-0.05, 0) is 38.8 Å². The van der Waals surface area contributed by atoms with E-state index in [-0.39, 0.29) is 11.8 Å². The minimum atomic E-state index is -0.115. The third kappa shape index (κ3) is 4.13. The summed E-state index contributed by atoms with van der Waals surface area (Å²) >= 11 is 0. The molecule has 0 aliphatic carbocycles. The summed E-state index contributed by atoms with van der Waals surface area (Å²) in [5.74, 6) is 3.09. The van der Waals surface area contributed by atoms with Crippen LogP contribution in [0.2, 0.25) is 0 Å². The second-order valence-corrected chi connectivity index (χ2v) is 7.36. The highest BCUT2D eigenvalue weighted by atomic mass is 16.5. The zero-order valence-electron chi connectivity index (χ0n) is 16.8. The lowest BCUT2D eigenvalue weighted by atomic mass is 9.96. The van der Waals surface area contributed by atoms with Gasteiger partial charge in [0.15, 0.2) is 5.82 Å². The van der Waals surface area contributed by atoms with E-state index >= 15 is 0 Å². The Bertz CT molecular complexity index is 984. The Morgan fingerprint density at radius 3 is 2.90 bits per heavy atom. The molecule has 0 saturated carbocycles. The fourth-order valence-electron chi connectivity index (χ4n) is 3.65. The molecule has 152 valence electrons. The molecule has 0 N–H and O–H groups in total. The van der Waals surface area contributed by atoms with E-state index in [0.717, 1.165) is 31.0 Å². The van der Waals surface area contributed by atoms with Crippen LogP contribution in [0.25, 0.3) is 11.5 Å². The molecule has 3 aromatic rings. The zero-order valence-corrected chi connectivity index (χ0v) is 16.8. The summed E-state index contributed by atoms with van der Waals surface area (Å²) in [6, 6.07) is 3.70. The van der Waals surface area contributed by atoms with Crippen LogP contribution in [0, 0.1) is 19.8 Å². The molecule has 0 aromatic carbocycles. The van der Waals surface area contributed by atoms with Crippen LogP contribution >= 0.6 is 0 Å². The standard InChI is InChI=1S/C20H24N6O3/c1-13-21-10-17(19-23-14(2)24-29-19)18(22-13)26-8-4-6-15(11-26)20(27)25(3)12-16-7-5-9-28-16/h5,7,9-10,15H,4,6,8,11-12H2,1-3H3. The molecule has 29 heavy (non-hydrogen) atoms. The lowest BCUT2D eigenvalue weighted by Gasteiger charge is -2.35. The Morgan fingerprint density at radius 2 is 2.17 bits per heavy atom. The number of hydrogen-bond acceptors (Lipinski definition) is 8. The van der Waals surface area contributed by atoms with E-state index in [4.69, 9.17) is 8.94 Å². The van der Waals surface area contributed by atoms with Crippen LogP contribution in [0.4, 0.5) is 5.82 Å². The average Bonchev–Trinajstić information content (AvgIpc) is 3.39. The van der Waals surface area contributed by atoms with Crippen molar-refractivity contribution in [3.05, 3.63) is 42.0 Å². The fourth-order valence-corrected chi connectivity index (χ4v) is 3.65. The van der Waals surface area contributed by atoms with E-state index in [9.17, 15) is 4.79 Å². The summed E-state index contributed by atoms with van der Waals surface area (Å²) in [5, 5.41) is 3.87. The van der Waals surface area contributed by atoms with Gasteiger partial charge in [-0.3, -0.25) is 4.79 Å². The first-order valence-electron chi connectivity index (χ1n) is 9.68. The average molecular weight is 396 g/mol. The van der Waals surface area contributed by atoms with Crippen molar-refractivity contribution in [1.82, 2.24) is 25.0 Å². The van der Waals surface area contributed by atoms with E-state index < -0.39 is 0 Å². The van der Waals surface area contributed by atoms with Gasteiger partial charge in [-0.25, -0.2) is 9.97 Å². The maximum atomic E-state index is 13.0. The molecule has 1 atom stereocenters. The molecule has 1 aliphatic heterocycles. The predicted molar refractivity (Wildman–Crippen MR) is 105 cm³/mol. The van der Waals surface area contributed by atoms with Crippen LogP contribution in [0.5, 0.6) is 0 Å². The Morgan fingerprint density at radius 1 is 1.31 bits per heavy atom. The lowest BCUT2D eigenvalue weighted by molar-refractivity contribution is -0.135. The molecule has 1 unspecified atom stereocenters. The molecule has 4 rings (SSSR count). The summed E-state index contributed by atoms with van der Waals surface area (Å²) in [5.41, 5.74) is 0.688. The summed E-state index contributed by atoms with van der Waals surface area (Å²) in [6.07, 6.45) is 5.07. The summed E-state index contributed by atoms with van der Waals surface area (Å²) in [6.45, 7) is 5.46. The molecule has 1 amide bonds. The first-order chi connectivity index (χ1) is 14.0. The van der Waals surface area contributed by atoms with Crippen LogP contribution in [0.1, 0.15) is 30.3 Å². The van der Waals surface area contributed by atoms with Crippen molar-refractivity contribution in [3.8, 4) is 11.5 Å². The summed E-state index contributed by atoms with van der Waals surface area (Å²) in [4.78, 5) is 30.1. The van der Waals surface area contributed by atoms with Crippen molar-refractivity contribution < 1.29 is 13.7 Å². The van der Waals surface area contributed by atoms with Crippen LogP contribution in [0.3, 0.4) is 0 Å². The number of carbonyl (C=O) groups excluding carboxylic acids is 1. The number of hydrogen-bond donors (Lipinski definition) is 0. The van der Waals surface area contributed by atoms with Crippen LogP contribution < -0.4 is 4.90 Å². The van der Waals surface area contributed by atoms with Crippen LogP contribution in [-0.2, 0) is 11.3 Å². The Balaban J connectivity index is 1.54. The van der Waals surface area contributed by atoms with Gasteiger partial charge in [0.05, 0.1) is 18.7 Å². The van der Waals surface area contributed by atoms with Crippen molar-refractivity contribution in [3.63, 3.8) is 0 Å². The molecule has 9 nitrogen and oxygen atoms in total. The first kappa shape index (κ1) is 19.1. The number of aromatic nitrogens is 4. The molecule has 4 heterocycles. The SMILES string of the molecule is Cc1noc(-c2cnc(C)nc2N2CCCC(C(=O)N(C)Cc3ccco3)C2)n1. The van der Waals surface area contributed by atoms with Crippen LogP contribution in [-0.4, -0.2) is 51.1 Å². The van der Waals surface area contributed by atoms with Gasteiger partial charge in [-0.2, -0.15) is 4.98 Å². The second kappa shape index (κ2) is 8.02. The summed E-state index contributed by atoms with van der Waals surface area (Å²) in [7, 11) is 1.81. The molecule has 0 bridgehead atoms. The molecule has 1 fully saturated rings. The largest absolute Gasteiger partial charge is 0.467 e. The molecule has 1 aliphatic rings. The Hall–Kier alpha value is -3.23. The van der Waals surface area contributed by atoms with E-state index in [0.29, 0.717) is 36.2 Å². The van der Waals surface area contributed by atoms with E-state index in [1.807, 2.05) is 26.1 Å². The number of anilines is 1. The van der Waals surface area contributed by atoms with Gasteiger partial charge < -0.3 is 18.7 Å². The van der Waals surface area contributed by atoms with Crippen molar-refractivity contribution in [1.29, 1.82) is 0 Å². The van der Waals surface area contributed by atoms with Crippen LogP contribution in [0.15, 0.2) is 33.5 Å². The minimum Gasteiger partial charge on any atom is -0.467 e. The number of piperidine rings is 1. The molecular weight excluding hydrogens is 372 g/mol. The second-order valence-electron chi connectivity index (χ2n) is 7.36. The summed E-state index contributed by atoms with van der Waals surface area (Å²) < 4.78 is 10.7. The zero-order chi connectivity index (χ0) is 20.4. The van der Waals surface area contributed by atoms with Crippen molar-refractivity contribution in [2.45, 2.75) is 33.2 Å². The number of rotatable bonds is 5. The predicted octanol–water partition coefficient (Wildman–Crippen LogP) is 2.61. The van der Waals surface area contributed by atoms with Gasteiger partial charge in [-0.1, -0.05) is 5.16 Å². The molecule has 0 spiro atoms. The third-order valence-corrected chi connectivity index (χ3v) is 5.07. The van der Waals surface area contributed by atoms with Gasteiger partial charge in [0.1, 0.15) is 23.0 Å². The van der Waals surface area contributed by atoms with Gasteiger partial charge in [0.25, 0.3) is 5.89 Å². The van der Waals surface area contributed by atoms with Crippen molar-refractivity contribution in [2.24, 2.45) is 5.92 Å². The third-order valence-electron chi connectivity index (χ3n) is 5.07. The number of nitrogens with zero attached hydrogens (tertiary/aromatic N) is 6. The lowest BCUT2D eigenvalue weighted by Crippen LogP contribution is -2.44. The maximum absolute atomic E-state index is 13.0. The Kier molecular flexibility index (Phi) is 5.28. The number of amides is 1. The van der Waals surface area contributed by atoms with E-state index in [2.05, 4.69) is 25.0 Å². The van der Waals surface area contributed by atoms with Gasteiger partial charge in [0.2, 0.25) is 5.91 Å².